The first-order valence-electron chi connectivity index (χ1n) is 5.66. The van der Waals surface area contributed by atoms with Crippen LogP contribution in [0.4, 0.5) is 0 Å². The van der Waals surface area contributed by atoms with Crippen LogP contribution < -0.4 is 4.74 Å². The number of carbonyl (C=O) groups is 2. The van der Waals surface area contributed by atoms with E-state index in [0.717, 1.165) is 0 Å². The topological polar surface area (TPSA) is 43.4 Å². The van der Waals surface area contributed by atoms with Crippen molar-refractivity contribution < 1.29 is 14.3 Å². The standard InChI is InChI=1S/C15H11ClO3/c1-10(17)12-8-5-9-13(16)14(12)19-15(18)11-6-3-2-4-7-11/h2-9H,1H3. The molecular weight excluding hydrogens is 264 g/mol. The molecule has 0 radical (unpaired) electrons. The summed E-state index contributed by atoms with van der Waals surface area (Å²) in [6.45, 7) is 1.39. The predicted octanol–water partition coefficient (Wildman–Crippen LogP) is 3.76. The number of hydrogen-bond acceptors (Lipinski definition) is 3. The van der Waals surface area contributed by atoms with Gasteiger partial charge in [0.15, 0.2) is 11.5 Å². The molecule has 96 valence electrons. The molecule has 0 aliphatic heterocycles. The average molecular weight is 275 g/mol. The van der Waals surface area contributed by atoms with Crippen LogP contribution in [0.1, 0.15) is 27.6 Å². The summed E-state index contributed by atoms with van der Waals surface area (Å²) in [7, 11) is 0. The van der Waals surface area contributed by atoms with Crippen LogP contribution in [-0.2, 0) is 0 Å². The van der Waals surface area contributed by atoms with Gasteiger partial charge in [0.25, 0.3) is 0 Å². The van der Waals surface area contributed by atoms with Crippen LogP contribution in [-0.4, -0.2) is 11.8 Å². The summed E-state index contributed by atoms with van der Waals surface area (Å²) in [5, 5.41) is 0.233. The van der Waals surface area contributed by atoms with Gasteiger partial charge in [-0.05, 0) is 31.2 Å². The summed E-state index contributed by atoms with van der Waals surface area (Å²) in [4.78, 5) is 23.4. The fraction of sp³-hybridized carbons (Fsp3) is 0.0667. The molecule has 4 heteroatoms. The number of ketones is 1. The zero-order valence-electron chi connectivity index (χ0n) is 10.2. The van der Waals surface area contributed by atoms with Crippen LogP contribution in [0.15, 0.2) is 48.5 Å². The molecule has 0 fully saturated rings. The second-order valence-corrected chi connectivity index (χ2v) is 4.34. The van der Waals surface area contributed by atoms with Gasteiger partial charge in [-0.3, -0.25) is 4.79 Å². The Bertz CT molecular complexity index is 621. The maximum Gasteiger partial charge on any atom is 0.343 e. The SMILES string of the molecule is CC(=O)c1cccc(Cl)c1OC(=O)c1ccccc1. The van der Waals surface area contributed by atoms with Crippen LogP contribution in [0.2, 0.25) is 5.02 Å². The Kier molecular flexibility index (Phi) is 3.97. The fourth-order valence-electron chi connectivity index (χ4n) is 1.62. The van der Waals surface area contributed by atoms with E-state index in [1.165, 1.54) is 6.92 Å². The van der Waals surface area contributed by atoms with Gasteiger partial charge >= 0.3 is 5.97 Å². The first-order chi connectivity index (χ1) is 9.09. The first kappa shape index (κ1) is 13.3. The number of hydrogen-bond donors (Lipinski definition) is 0. The molecular formula is C15H11ClO3. The van der Waals surface area contributed by atoms with Crippen molar-refractivity contribution in [3.63, 3.8) is 0 Å². The molecule has 0 heterocycles. The molecule has 0 saturated heterocycles. The monoisotopic (exact) mass is 274 g/mol. The Morgan fingerprint density at radius 3 is 2.32 bits per heavy atom. The zero-order valence-corrected chi connectivity index (χ0v) is 11.0. The molecule has 0 aliphatic rings. The third-order valence-electron chi connectivity index (χ3n) is 2.55. The average Bonchev–Trinajstić information content (AvgIpc) is 2.41. The van der Waals surface area contributed by atoms with Gasteiger partial charge in [0.05, 0.1) is 16.1 Å². The summed E-state index contributed by atoms with van der Waals surface area (Å²) in [5.41, 5.74) is 0.689. The summed E-state index contributed by atoms with van der Waals surface area (Å²) in [6.07, 6.45) is 0. The van der Waals surface area contributed by atoms with Crippen LogP contribution in [0.3, 0.4) is 0 Å². The van der Waals surface area contributed by atoms with Gasteiger partial charge in [-0.25, -0.2) is 4.79 Å². The zero-order chi connectivity index (χ0) is 13.8. The van der Waals surface area contributed by atoms with Crippen molar-refractivity contribution in [3.8, 4) is 5.75 Å². The Morgan fingerprint density at radius 1 is 1.00 bits per heavy atom. The number of halogens is 1. The van der Waals surface area contributed by atoms with Gasteiger partial charge in [-0.1, -0.05) is 35.9 Å². The van der Waals surface area contributed by atoms with Gasteiger partial charge in [0.2, 0.25) is 0 Å². The Hall–Kier alpha value is -2.13. The minimum atomic E-state index is -0.545. The Labute approximate surface area is 115 Å². The molecule has 0 unspecified atom stereocenters. The Balaban J connectivity index is 2.34. The summed E-state index contributed by atoms with van der Waals surface area (Å²) < 4.78 is 5.23. The Morgan fingerprint density at radius 2 is 1.68 bits per heavy atom. The van der Waals surface area contributed by atoms with Crippen molar-refractivity contribution in [1.29, 1.82) is 0 Å². The molecule has 0 aromatic heterocycles. The van der Waals surface area contributed by atoms with E-state index in [2.05, 4.69) is 0 Å². The van der Waals surface area contributed by atoms with E-state index >= 15 is 0 Å². The molecule has 0 aliphatic carbocycles. The van der Waals surface area contributed by atoms with Crippen molar-refractivity contribution in [2.24, 2.45) is 0 Å². The quantitative estimate of drug-likeness (QED) is 0.486. The molecule has 0 amide bonds. The number of carbonyl (C=O) groups excluding carboxylic acids is 2. The van der Waals surface area contributed by atoms with Crippen molar-refractivity contribution >= 4 is 23.4 Å². The van der Waals surface area contributed by atoms with Crippen LogP contribution in [0, 0.1) is 0 Å². The smallest absolute Gasteiger partial charge is 0.343 e. The summed E-state index contributed by atoms with van der Waals surface area (Å²) in [6, 6.07) is 13.3. The number of ether oxygens (including phenoxy) is 1. The second-order valence-electron chi connectivity index (χ2n) is 3.93. The molecule has 2 rings (SSSR count). The molecule has 3 nitrogen and oxygen atoms in total. The van der Waals surface area contributed by atoms with Gasteiger partial charge < -0.3 is 4.74 Å². The molecule has 0 saturated carbocycles. The molecule has 0 bridgehead atoms. The molecule has 2 aromatic carbocycles. The molecule has 0 atom stereocenters. The number of para-hydroxylation sites is 1. The highest BCUT2D eigenvalue weighted by molar-refractivity contribution is 6.32. The van der Waals surface area contributed by atoms with E-state index in [1.807, 2.05) is 0 Å². The number of esters is 1. The molecule has 0 N–H and O–H groups in total. The van der Waals surface area contributed by atoms with Crippen molar-refractivity contribution in [2.75, 3.05) is 0 Å². The van der Waals surface area contributed by atoms with E-state index in [1.54, 1.807) is 48.5 Å². The highest BCUT2D eigenvalue weighted by atomic mass is 35.5. The fourth-order valence-corrected chi connectivity index (χ4v) is 1.83. The maximum atomic E-state index is 11.9. The lowest BCUT2D eigenvalue weighted by Crippen LogP contribution is -2.11. The lowest BCUT2D eigenvalue weighted by molar-refractivity contribution is 0.0733. The minimum Gasteiger partial charge on any atom is -0.421 e. The normalized spacial score (nSPS) is 10.0. The maximum absolute atomic E-state index is 11.9. The number of benzene rings is 2. The number of rotatable bonds is 3. The van der Waals surface area contributed by atoms with E-state index in [0.29, 0.717) is 5.56 Å². The van der Waals surface area contributed by atoms with Gasteiger partial charge in [0, 0.05) is 0 Å². The third kappa shape index (κ3) is 3.01. The van der Waals surface area contributed by atoms with Crippen LogP contribution in [0.5, 0.6) is 5.75 Å². The van der Waals surface area contributed by atoms with Crippen molar-refractivity contribution in [3.05, 3.63) is 64.7 Å². The molecule has 2 aromatic rings. The highest BCUT2D eigenvalue weighted by Gasteiger charge is 2.16. The molecule has 19 heavy (non-hydrogen) atoms. The van der Waals surface area contributed by atoms with Gasteiger partial charge in [0.1, 0.15) is 0 Å². The second kappa shape index (κ2) is 5.67. The third-order valence-corrected chi connectivity index (χ3v) is 2.85. The van der Waals surface area contributed by atoms with Gasteiger partial charge in [-0.15, -0.1) is 0 Å². The predicted molar refractivity (Wildman–Crippen MR) is 72.9 cm³/mol. The minimum absolute atomic E-state index is 0.102. The largest absolute Gasteiger partial charge is 0.421 e. The van der Waals surface area contributed by atoms with Crippen LogP contribution >= 0.6 is 11.6 Å². The first-order valence-corrected chi connectivity index (χ1v) is 6.04. The molecule has 0 spiro atoms. The van der Waals surface area contributed by atoms with Gasteiger partial charge in [-0.2, -0.15) is 0 Å². The summed E-state index contributed by atoms with van der Waals surface area (Å²) in [5.74, 6) is -0.653. The lowest BCUT2D eigenvalue weighted by atomic mass is 10.1. The van der Waals surface area contributed by atoms with E-state index in [4.69, 9.17) is 16.3 Å². The van der Waals surface area contributed by atoms with E-state index in [-0.39, 0.29) is 22.1 Å². The lowest BCUT2D eigenvalue weighted by Gasteiger charge is -2.09. The van der Waals surface area contributed by atoms with Crippen molar-refractivity contribution in [1.82, 2.24) is 0 Å². The van der Waals surface area contributed by atoms with E-state index in [9.17, 15) is 9.59 Å². The summed E-state index contributed by atoms with van der Waals surface area (Å²) >= 11 is 5.98. The number of Topliss-reactive ketones (excluding diaryl/α,β-unsaturated/α-hetero) is 1. The highest BCUT2D eigenvalue weighted by Crippen LogP contribution is 2.29. The van der Waals surface area contributed by atoms with E-state index < -0.39 is 5.97 Å². The van der Waals surface area contributed by atoms with Crippen LogP contribution in [0.25, 0.3) is 0 Å². The van der Waals surface area contributed by atoms with Crippen molar-refractivity contribution in [2.45, 2.75) is 6.92 Å².